The minimum atomic E-state index is -1.01. The van der Waals surface area contributed by atoms with Gasteiger partial charge in [-0.1, -0.05) is 63.3 Å². The van der Waals surface area contributed by atoms with Crippen LogP contribution in [0.1, 0.15) is 70.3 Å². The van der Waals surface area contributed by atoms with E-state index in [2.05, 4.69) is 6.92 Å². The summed E-state index contributed by atoms with van der Waals surface area (Å²) < 4.78 is 28.0. The molecule has 4 heteroatoms. The van der Waals surface area contributed by atoms with Gasteiger partial charge in [-0.3, -0.25) is 4.79 Å². The van der Waals surface area contributed by atoms with E-state index in [9.17, 15) is 18.7 Å². The van der Waals surface area contributed by atoms with Crippen LogP contribution in [0.4, 0.5) is 8.78 Å². The van der Waals surface area contributed by atoms with Crippen LogP contribution in [-0.4, -0.2) is 11.1 Å². The van der Waals surface area contributed by atoms with Gasteiger partial charge in [-0.15, -0.1) is 0 Å². The summed E-state index contributed by atoms with van der Waals surface area (Å²) in [5.74, 6) is -1.13. The molecule has 0 spiro atoms. The van der Waals surface area contributed by atoms with Gasteiger partial charge in [0.1, 0.15) is 11.6 Å². The second-order valence-electron chi connectivity index (χ2n) is 8.38. The van der Waals surface area contributed by atoms with Crippen LogP contribution in [-0.2, 0) is 10.2 Å². The molecule has 0 atom stereocenters. The summed E-state index contributed by atoms with van der Waals surface area (Å²) in [5, 5.41) is 10.0. The number of hydrogen-bond donors (Lipinski definition) is 1. The number of aliphatic carboxylic acids is 1. The molecule has 0 unspecified atom stereocenters. The number of rotatable bonds is 8. The lowest BCUT2D eigenvalue weighted by molar-refractivity contribution is -0.145. The van der Waals surface area contributed by atoms with Crippen LogP contribution in [0.25, 0.3) is 11.1 Å². The van der Waals surface area contributed by atoms with E-state index in [1.165, 1.54) is 56.0 Å². The second kappa shape index (κ2) is 9.51. The molecule has 0 radical (unpaired) electrons. The highest BCUT2D eigenvalue weighted by atomic mass is 19.1. The predicted molar refractivity (Wildman–Crippen MR) is 112 cm³/mol. The molecule has 2 nitrogen and oxygen atoms in total. The molecule has 0 bridgehead atoms. The number of carboxylic acids is 1. The zero-order chi connectivity index (χ0) is 20.9. The molecule has 0 aliphatic heterocycles. The first kappa shape index (κ1) is 21.5. The average molecular weight is 401 g/mol. The van der Waals surface area contributed by atoms with Gasteiger partial charge in [0.15, 0.2) is 0 Å². The molecular formula is C25H30F2O2. The van der Waals surface area contributed by atoms with Crippen molar-refractivity contribution in [3.8, 4) is 11.1 Å². The van der Waals surface area contributed by atoms with E-state index in [4.69, 9.17) is 0 Å². The number of unbranched alkanes of at least 4 members (excludes halogenated alkanes) is 3. The minimum Gasteiger partial charge on any atom is -0.481 e. The van der Waals surface area contributed by atoms with Crippen molar-refractivity contribution in [1.82, 2.24) is 0 Å². The van der Waals surface area contributed by atoms with Gasteiger partial charge in [-0.05, 0) is 60.9 Å². The number of hydrogen-bond acceptors (Lipinski definition) is 1. The lowest BCUT2D eigenvalue weighted by atomic mass is 9.66. The van der Waals surface area contributed by atoms with Gasteiger partial charge in [-0.25, -0.2) is 8.78 Å². The van der Waals surface area contributed by atoms with Gasteiger partial charge < -0.3 is 5.11 Å². The molecule has 0 heterocycles. The normalized spacial score (nSPS) is 21.8. The monoisotopic (exact) mass is 400 g/mol. The van der Waals surface area contributed by atoms with Crippen molar-refractivity contribution in [2.75, 3.05) is 0 Å². The third-order valence-electron chi connectivity index (χ3n) is 6.51. The quantitative estimate of drug-likeness (QED) is 0.479. The largest absolute Gasteiger partial charge is 0.481 e. The molecule has 2 aromatic carbocycles. The van der Waals surface area contributed by atoms with Crippen LogP contribution in [0.5, 0.6) is 0 Å². The molecule has 3 rings (SSSR count). The lowest BCUT2D eigenvalue weighted by Crippen LogP contribution is -2.39. The SMILES string of the molecule is CCCCCCC1CCC(C(=O)O)(c2ccc(-c3ccc(F)cc3)c(F)c2)CC1. The number of carboxylic acid groups (broad SMARTS) is 1. The molecule has 156 valence electrons. The van der Waals surface area contributed by atoms with Crippen LogP contribution in [0.2, 0.25) is 0 Å². The van der Waals surface area contributed by atoms with Crippen molar-refractivity contribution in [1.29, 1.82) is 0 Å². The molecule has 0 aromatic heterocycles. The standard InChI is InChI=1S/C25H30F2O2/c1-2-3-4-5-6-18-13-15-25(16-14-18,24(28)29)20-9-12-22(23(27)17-20)19-7-10-21(26)11-8-19/h7-12,17-18H,2-6,13-16H2,1H3,(H,28,29). The van der Waals surface area contributed by atoms with Gasteiger partial charge in [0.25, 0.3) is 0 Å². The van der Waals surface area contributed by atoms with Crippen molar-refractivity contribution in [3.63, 3.8) is 0 Å². The first-order chi connectivity index (χ1) is 14.0. The Hall–Kier alpha value is -2.23. The maximum atomic E-state index is 14.9. The van der Waals surface area contributed by atoms with Crippen molar-refractivity contribution in [2.24, 2.45) is 5.92 Å². The molecule has 1 fully saturated rings. The summed E-state index contributed by atoms with van der Waals surface area (Å²) in [6.45, 7) is 2.20. The summed E-state index contributed by atoms with van der Waals surface area (Å²) in [4.78, 5) is 12.2. The molecular weight excluding hydrogens is 370 g/mol. The summed E-state index contributed by atoms with van der Waals surface area (Å²) in [5.41, 5.74) is 0.467. The first-order valence-corrected chi connectivity index (χ1v) is 10.8. The van der Waals surface area contributed by atoms with Crippen LogP contribution < -0.4 is 0 Å². The molecule has 1 aliphatic rings. The van der Waals surface area contributed by atoms with Gasteiger partial charge >= 0.3 is 5.97 Å². The van der Waals surface area contributed by atoms with Gasteiger partial charge in [0.05, 0.1) is 5.41 Å². The molecule has 0 amide bonds. The number of benzene rings is 2. The Morgan fingerprint density at radius 1 is 1.03 bits per heavy atom. The average Bonchev–Trinajstić information content (AvgIpc) is 2.72. The maximum Gasteiger partial charge on any atom is 0.314 e. The molecule has 1 saturated carbocycles. The summed E-state index contributed by atoms with van der Waals surface area (Å²) in [7, 11) is 0. The molecule has 0 saturated heterocycles. The van der Waals surface area contributed by atoms with E-state index < -0.39 is 17.2 Å². The third-order valence-corrected chi connectivity index (χ3v) is 6.51. The highest BCUT2D eigenvalue weighted by Gasteiger charge is 2.43. The summed E-state index contributed by atoms with van der Waals surface area (Å²) in [6, 6.07) is 10.4. The third kappa shape index (κ3) is 4.85. The van der Waals surface area contributed by atoms with E-state index in [1.54, 1.807) is 12.1 Å². The number of carbonyl (C=O) groups is 1. The minimum absolute atomic E-state index is 0.360. The lowest BCUT2D eigenvalue weighted by Gasteiger charge is -2.37. The zero-order valence-electron chi connectivity index (χ0n) is 17.1. The smallest absolute Gasteiger partial charge is 0.314 e. The highest BCUT2D eigenvalue weighted by molar-refractivity contribution is 5.82. The summed E-state index contributed by atoms with van der Waals surface area (Å²) in [6.07, 6.45) is 8.93. The Balaban J connectivity index is 1.75. The van der Waals surface area contributed by atoms with Crippen LogP contribution in [0, 0.1) is 17.6 Å². The van der Waals surface area contributed by atoms with Crippen molar-refractivity contribution in [3.05, 3.63) is 59.7 Å². The second-order valence-corrected chi connectivity index (χ2v) is 8.38. The fraction of sp³-hybridized carbons (Fsp3) is 0.480. The Bertz CT molecular complexity index is 821. The predicted octanol–water partition coefficient (Wildman–Crippen LogP) is 7.11. The molecule has 29 heavy (non-hydrogen) atoms. The number of halogens is 2. The molecule has 2 aromatic rings. The molecule has 1 aliphatic carbocycles. The van der Waals surface area contributed by atoms with E-state index >= 15 is 0 Å². The Morgan fingerprint density at radius 3 is 2.31 bits per heavy atom. The van der Waals surface area contributed by atoms with Crippen molar-refractivity contribution < 1.29 is 18.7 Å². The van der Waals surface area contributed by atoms with E-state index in [0.29, 0.717) is 35.4 Å². The van der Waals surface area contributed by atoms with Crippen molar-refractivity contribution >= 4 is 5.97 Å². The van der Waals surface area contributed by atoms with E-state index in [1.807, 2.05) is 0 Å². The van der Waals surface area contributed by atoms with Gasteiger partial charge in [0, 0.05) is 5.56 Å². The Morgan fingerprint density at radius 2 is 1.72 bits per heavy atom. The van der Waals surface area contributed by atoms with Crippen molar-refractivity contribution in [2.45, 2.75) is 70.1 Å². The van der Waals surface area contributed by atoms with Gasteiger partial charge in [-0.2, -0.15) is 0 Å². The zero-order valence-corrected chi connectivity index (χ0v) is 17.1. The fourth-order valence-corrected chi connectivity index (χ4v) is 4.62. The molecule has 1 N–H and O–H groups in total. The highest BCUT2D eigenvalue weighted by Crippen LogP contribution is 2.44. The Labute approximate surface area is 172 Å². The Kier molecular flexibility index (Phi) is 7.05. The van der Waals surface area contributed by atoms with Crippen LogP contribution >= 0.6 is 0 Å². The topological polar surface area (TPSA) is 37.3 Å². The maximum absolute atomic E-state index is 14.9. The summed E-state index contributed by atoms with van der Waals surface area (Å²) >= 11 is 0. The van der Waals surface area contributed by atoms with E-state index in [-0.39, 0.29) is 5.82 Å². The van der Waals surface area contributed by atoms with Gasteiger partial charge in [0.2, 0.25) is 0 Å². The van der Waals surface area contributed by atoms with Crippen LogP contribution in [0.3, 0.4) is 0 Å². The van der Waals surface area contributed by atoms with E-state index in [0.717, 1.165) is 19.3 Å². The van der Waals surface area contributed by atoms with Crippen LogP contribution in [0.15, 0.2) is 42.5 Å². The first-order valence-electron chi connectivity index (χ1n) is 10.8. The fourth-order valence-electron chi connectivity index (χ4n) is 4.62.